The van der Waals surface area contributed by atoms with Gasteiger partial charge in [0, 0.05) is 12.3 Å². The molecule has 5 heteroatoms. The Hall–Kier alpha value is -0.910. The molecule has 0 aliphatic heterocycles. The van der Waals surface area contributed by atoms with Crippen molar-refractivity contribution in [2.45, 2.75) is 37.8 Å². The highest BCUT2D eigenvalue weighted by atomic mass is 32.2. The van der Waals surface area contributed by atoms with E-state index in [1.165, 1.54) is 12.3 Å². The van der Waals surface area contributed by atoms with E-state index in [9.17, 15) is 13.5 Å². The van der Waals surface area contributed by atoms with Crippen molar-refractivity contribution in [3.05, 3.63) is 29.3 Å². The van der Waals surface area contributed by atoms with Crippen molar-refractivity contribution in [3.63, 3.8) is 0 Å². The molecule has 0 spiro atoms. The van der Waals surface area contributed by atoms with Crippen LogP contribution >= 0.6 is 0 Å². The van der Waals surface area contributed by atoms with Gasteiger partial charge in [-0.3, -0.25) is 0 Å². The predicted octanol–water partition coefficient (Wildman–Crippen LogP) is 1.42. The zero-order chi connectivity index (χ0) is 14.1. The summed E-state index contributed by atoms with van der Waals surface area (Å²) < 4.78 is 23.0. The maximum atomic E-state index is 11.5. The number of aliphatic hydroxyl groups is 1. The molecule has 0 radical (unpaired) electrons. The molecular weight excluding hydrogens is 250 g/mol. The summed E-state index contributed by atoms with van der Waals surface area (Å²) in [5, 5.41) is 10.1. The molecule has 1 rings (SSSR count). The molecule has 2 atom stereocenters. The highest BCUT2D eigenvalue weighted by Gasteiger charge is 2.21. The summed E-state index contributed by atoms with van der Waals surface area (Å²) >= 11 is 0. The van der Waals surface area contributed by atoms with Gasteiger partial charge in [0.05, 0.1) is 11.0 Å². The smallest absolute Gasteiger partial charge is 0.175 e. The van der Waals surface area contributed by atoms with Crippen molar-refractivity contribution < 1.29 is 13.5 Å². The first kappa shape index (κ1) is 15.1. The number of rotatable bonds is 4. The molecule has 102 valence electrons. The van der Waals surface area contributed by atoms with Crippen molar-refractivity contribution >= 4 is 9.84 Å². The number of aryl methyl sites for hydroxylation is 1. The quantitative estimate of drug-likeness (QED) is 0.867. The first-order chi connectivity index (χ1) is 8.14. The van der Waals surface area contributed by atoms with E-state index in [4.69, 9.17) is 5.73 Å². The first-order valence-corrected chi connectivity index (χ1v) is 7.78. The maximum absolute atomic E-state index is 11.5. The van der Waals surface area contributed by atoms with Gasteiger partial charge in [0.1, 0.15) is 0 Å². The molecule has 0 saturated heterocycles. The summed E-state index contributed by atoms with van der Waals surface area (Å²) in [5.74, 6) is 0.148. The maximum Gasteiger partial charge on any atom is 0.175 e. The van der Waals surface area contributed by atoms with Gasteiger partial charge in [-0.15, -0.1) is 0 Å². The van der Waals surface area contributed by atoms with E-state index >= 15 is 0 Å². The molecule has 0 bridgehead atoms. The summed E-state index contributed by atoms with van der Waals surface area (Å²) in [6.45, 7) is 5.59. The van der Waals surface area contributed by atoms with E-state index in [0.717, 1.165) is 0 Å². The minimum absolute atomic E-state index is 0.148. The molecule has 4 nitrogen and oxygen atoms in total. The largest absolute Gasteiger partial charge is 0.387 e. The molecule has 0 amide bonds. The van der Waals surface area contributed by atoms with E-state index in [1.807, 2.05) is 13.8 Å². The Bertz CT molecular complexity index is 523. The van der Waals surface area contributed by atoms with Crippen LogP contribution in [0.15, 0.2) is 23.1 Å². The van der Waals surface area contributed by atoms with Crippen molar-refractivity contribution in [1.29, 1.82) is 0 Å². The van der Waals surface area contributed by atoms with Crippen LogP contribution in [-0.2, 0) is 9.84 Å². The standard InChI is InChI=1S/C13H21NO3S/c1-8(2)12(14)13(15)10-5-6-11(9(3)7-10)18(4,16)17/h5-8,12-13,15H,14H2,1-4H3. The van der Waals surface area contributed by atoms with Crippen molar-refractivity contribution in [2.24, 2.45) is 11.7 Å². The zero-order valence-electron chi connectivity index (χ0n) is 11.2. The second-order valence-corrected chi connectivity index (χ2v) is 7.05. The average molecular weight is 271 g/mol. The lowest BCUT2D eigenvalue weighted by Gasteiger charge is -2.23. The van der Waals surface area contributed by atoms with Crippen LogP contribution in [0.1, 0.15) is 31.1 Å². The molecule has 2 unspecified atom stereocenters. The number of aliphatic hydroxyl groups excluding tert-OH is 1. The third-order valence-electron chi connectivity index (χ3n) is 3.07. The number of hydrogen-bond donors (Lipinski definition) is 2. The zero-order valence-corrected chi connectivity index (χ0v) is 12.0. The summed E-state index contributed by atoms with van der Waals surface area (Å²) in [6, 6.07) is 4.46. The lowest BCUT2D eigenvalue weighted by atomic mass is 9.93. The number of benzene rings is 1. The summed E-state index contributed by atoms with van der Waals surface area (Å²) in [5.41, 5.74) is 7.18. The molecule has 0 aliphatic rings. The molecule has 0 aliphatic carbocycles. The fraction of sp³-hybridized carbons (Fsp3) is 0.538. The van der Waals surface area contributed by atoms with Crippen LogP contribution in [0.5, 0.6) is 0 Å². The third kappa shape index (κ3) is 3.31. The second kappa shape index (κ2) is 5.38. The van der Waals surface area contributed by atoms with Crippen LogP contribution in [-0.4, -0.2) is 25.8 Å². The predicted molar refractivity (Wildman–Crippen MR) is 72.1 cm³/mol. The van der Waals surface area contributed by atoms with E-state index < -0.39 is 15.9 Å². The number of sulfone groups is 1. The Morgan fingerprint density at radius 1 is 1.28 bits per heavy atom. The van der Waals surface area contributed by atoms with Gasteiger partial charge in [0.2, 0.25) is 0 Å². The SMILES string of the molecule is Cc1cc(C(O)C(N)C(C)C)ccc1S(C)(=O)=O. The molecule has 3 N–H and O–H groups in total. The normalized spacial score (nSPS) is 15.7. The average Bonchev–Trinajstić information content (AvgIpc) is 2.24. The number of hydrogen-bond acceptors (Lipinski definition) is 4. The third-order valence-corrected chi connectivity index (χ3v) is 4.33. The van der Waals surface area contributed by atoms with Crippen LogP contribution in [0, 0.1) is 12.8 Å². The van der Waals surface area contributed by atoms with Gasteiger partial charge in [0.15, 0.2) is 9.84 Å². The monoisotopic (exact) mass is 271 g/mol. The molecule has 1 aromatic carbocycles. The fourth-order valence-corrected chi connectivity index (χ4v) is 2.82. The summed E-state index contributed by atoms with van der Waals surface area (Å²) in [7, 11) is -3.23. The van der Waals surface area contributed by atoms with E-state index in [2.05, 4.69) is 0 Å². The van der Waals surface area contributed by atoms with Gasteiger partial charge >= 0.3 is 0 Å². The van der Waals surface area contributed by atoms with Gasteiger partial charge in [-0.05, 0) is 30.0 Å². The highest BCUT2D eigenvalue weighted by Crippen LogP contribution is 2.24. The van der Waals surface area contributed by atoms with Gasteiger partial charge in [0.25, 0.3) is 0 Å². The molecule has 0 aromatic heterocycles. The van der Waals surface area contributed by atoms with Gasteiger partial charge < -0.3 is 10.8 Å². The van der Waals surface area contributed by atoms with Crippen LogP contribution in [0.4, 0.5) is 0 Å². The Morgan fingerprint density at radius 2 is 1.83 bits per heavy atom. The van der Waals surface area contributed by atoms with Crippen molar-refractivity contribution in [1.82, 2.24) is 0 Å². The number of nitrogens with two attached hydrogens (primary N) is 1. The molecule has 0 fully saturated rings. The van der Waals surface area contributed by atoms with Crippen molar-refractivity contribution in [2.75, 3.05) is 6.26 Å². The highest BCUT2D eigenvalue weighted by molar-refractivity contribution is 7.90. The fourth-order valence-electron chi connectivity index (χ4n) is 1.86. The minimum atomic E-state index is -3.23. The summed E-state index contributed by atoms with van der Waals surface area (Å²) in [4.78, 5) is 0.288. The Morgan fingerprint density at radius 3 is 2.22 bits per heavy atom. The van der Waals surface area contributed by atoms with E-state index in [-0.39, 0.29) is 16.9 Å². The Labute approximate surface area is 109 Å². The Balaban J connectivity index is 3.13. The first-order valence-electron chi connectivity index (χ1n) is 5.89. The molecular formula is C13H21NO3S. The Kier molecular flexibility index (Phi) is 4.53. The van der Waals surface area contributed by atoms with Gasteiger partial charge in [-0.25, -0.2) is 8.42 Å². The van der Waals surface area contributed by atoms with Crippen LogP contribution in [0.25, 0.3) is 0 Å². The second-order valence-electron chi connectivity index (χ2n) is 5.06. The van der Waals surface area contributed by atoms with Gasteiger partial charge in [-0.2, -0.15) is 0 Å². The molecule has 1 aromatic rings. The van der Waals surface area contributed by atoms with Crippen LogP contribution in [0.2, 0.25) is 0 Å². The van der Waals surface area contributed by atoms with Crippen LogP contribution < -0.4 is 5.73 Å². The van der Waals surface area contributed by atoms with Gasteiger partial charge in [-0.1, -0.05) is 26.0 Å². The van der Waals surface area contributed by atoms with E-state index in [0.29, 0.717) is 11.1 Å². The van der Waals surface area contributed by atoms with Crippen molar-refractivity contribution in [3.8, 4) is 0 Å². The molecule has 18 heavy (non-hydrogen) atoms. The minimum Gasteiger partial charge on any atom is -0.387 e. The van der Waals surface area contributed by atoms with Crippen LogP contribution in [0.3, 0.4) is 0 Å². The summed E-state index contributed by atoms with van der Waals surface area (Å²) in [6.07, 6.45) is 0.392. The van der Waals surface area contributed by atoms with E-state index in [1.54, 1.807) is 19.1 Å². The molecule has 0 heterocycles. The lowest BCUT2D eigenvalue weighted by Crippen LogP contribution is -2.33. The lowest BCUT2D eigenvalue weighted by molar-refractivity contribution is 0.125. The molecule has 0 saturated carbocycles. The topological polar surface area (TPSA) is 80.4 Å².